The average Bonchev–Trinajstić information content (AvgIpc) is 2.05. The van der Waals surface area contributed by atoms with Crippen molar-refractivity contribution in [3.05, 3.63) is 42.6 Å². The predicted molar refractivity (Wildman–Crippen MR) is 53.1 cm³/mol. The second-order valence-corrected chi connectivity index (χ2v) is 2.20. The molecule has 0 fully saturated rings. The molecule has 1 aromatic carbocycles. The molecule has 11 heavy (non-hydrogen) atoms. The molecule has 0 spiro atoms. The van der Waals surface area contributed by atoms with Crippen molar-refractivity contribution in [2.24, 2.45) is 0 Å². The zero-order valence-electron chi connectivity index (χ0n) is 5.49. The highest BCUT2D eigenvalue weighted by Gasteiger charge is 1.86. The van der Waals surface area contributed by atoms with Crippen molar-refractivity contribution >= 4 is 21.9 Å². The smallest absolute Gasteiger partial charge is 0.0701 e. The van der Waals surface area contributed by atoms with Crippen LogP contribution in [0.3, 0.4) is 0 Å². The van der Waals surface area contributed by atoms with Gasteiger partial charge in [-0.25, -0.2) is 0 Å². The molecule has 0 unspecified atom stereocenters. The topological polar surface area (TPSA) is 12.9 Å². The van der Waals surface area contributed by atoms with E-state index in [1.165, 1.54) is 5.39 Å². The zero-order chi connectivity index (χ0) is 6.81. The minimum atomic E-state index is 0. The van der Waals surface area contributed by atoms with Gasteiger partial charge in [0.1, 0.15) is 0 Å². The van der Waals surface area contributed by atoms with Crippen LogP contribution < -0.4 is 0 Å². The summed E-state index contributed by atoms with van der Waals surface area (Å²) < 4.78 is 0. The van der Waals surface area contributed by atoms with Crippen molar-refractivity contribution in [1.82, 2.24) is 4.98 Å². The molecule has 1 nitrogen and oxygen atoms in total. The first-order chi connectivity index (χ1) is 4.97. The number of hydrogen-bond donors (Lipinski definition) is 0. The molecule has 0 aliphatic heterocycles. The maximum Gasteiger partial charge on any atom is 0.0701 e. The van der Waals surface area contributed by atoms with Crippen molar-refractivity contribution in [2.45, 2.75) is 0 Å². The van der Waals surface area contributed by atoms with Crippen LogP contribution in [0.25, 0.3) is 10.9 Å². The molecule has 0 saturated heterocycles. The Labute approximate surface area is 70.1 Å². The van der Waals surface area contributed by atoms with Gasteiger partial charge in [-0.1, -0.05) is 24.3 Å². The minimum absolute atomic E-state index is 0. The van der Waals surface area contributed by atoms with Gasteiger partial charge >= 0.3 is 0 Å². The van der Waals surface area contributed by atoms with Crippen molar-refractivity contribution in [1.29, 1.82) is 0 Å². The third kappa shape index (κ3) is 1.46. The van der Waals surface area contributed by atoms with E-state index < -0.39 is 0 Å². The van der Waals surface area contributed by atoms with Gasteiger partial charge in [-0.05, 0) is 23.1 Å². The summed E-state index contributed by atoms with van der Waals surface area (Å²) in [7, 11) is 0. The summed E-state index contributed by atoms with van der Waals surface area (Å²) >= 11 is 0. The van der Waals surface area contributed by atoms with Gasteiger partial charge < -0.3 is 0 Å². The third-order valence-corrected chi connectivity index (χ3v) is 1.51. The van der Waals surface area contributed by atoms with Crippen LogP contribution in [0, 0.1) is 0 Å². The summed E-state index contributed by atoms with van der Waals surface area (Å²) in [6.45, 7) is 0. The quantitative estimate of drug-likeness (QED) is 0.520. The normalized spacial score (nSPS) is 9.09. The van der Waals surface area contributed by atoms with Gasteiger partial charge in [0, 0.05) is 11.6 Å². The van der Waals surface area contributed by atoms with E-state index in [9.17, 15) is 0 Å². The zero-order valence-corrected chi connectivity index (χ0v) is 5.49. The maximum atomic E-state index is 4.18. The Hall–Kier alpha value is -1.15. The number of nitrogens with zero attached hydrogens (tertiary/aromatic N) is 1. The Kier molecular flexibility index (Phi) is 2.38. The van der Waals surface area contributed by atoms with E-state index in [2.05, 4.69) is 17.1 Å². The molecular formula is C9H11NSi. The molecule has 0 aliphatic rings. The molecule has 0 atom stereocenters. The van der Waals surface area contributed by atoms with Gasteiger partial charge in [0.2, 0.25) is 0 Å². The van der Waals surface area contributed by atoms with Crippen LogP contribution in [-0.4, -0.2) is 15.9 Å². The van der Waals surface area contributed by atoms with Crippen molar-refractivity contribution < 1.29 is 0 Å². The van der Waals surface area contributed by atoms with Crippen molar-refractivity contribution in [2.75, 3.05) is 0 Å². The van der Waals surface area contributed by atoms with Gasteiger partial charge in [0.25, 0.3) is 0 Å². The molecule has 0 N–H and O–H groups in total. The molecule has 0 bridgehead atoms. The SMILES string of the molecule is [SiH4].c1ccc2ncccc2c1. The summed E-state index contributed by atoms with van der Waals surface area (Å²) in [5.41, 5.74) is 1.06. The highest BCUT2D eigenvalue weighted by atomic mass is 28.1. The van der Waals surface area contributed by atoms with Crippen LogP contribution in [0.1, 0.15) is 0 Å². The second kappa shape index (κ2) is 3.30. The standard InChI is InChI=1S/C9H7N.H4Si/c1-2-6-9-8(4-1)5-3-7-10-9;/h1-7H;1H4. The molecule has 0 aliphatic carbocycles. The predicted octanol–water partition coefficient (Wildman–Crippen LogP) is 0.783. The number of aromatic nitrogens is 1. The lowest BCUT2D eigenvalue weighted by Crippen LogP contribution is -1.73. The van der Waals surface area contributed by atoms with Gasteiger partial charge in [0.05, 0.1) is 5.52 Å². The van der Waals surface area contributed by atoms with E-state index >= 15 is 0 Å². The Morgan fingerprint density at radius 2 is 1.64 bits per heavy atom. The maximum absolute atomic E-state index is 4.18. The van der Waals surface area contributed by atoms with Crippen LogP contribution >= 0.6 is 0 Å². The molecule has 1 aromatic heterocycles. The number of rotatable bonds is 0. The van der Waals surface area contributed by atoms with E-state index in [-0.39, 0.29) is 11.0 Å². The van der Waals surface area contributed by atoms with Crippen LogP contribution in [0.15, 0.2) is 42.6 Å². The largest absolute Gasteiger partial charge is 0.256 e. The fourth-order valence-electron chi connectivity index (χ4n) is 1.02. The molecule has 0 saturated carbocycles. The van der Waals surface area contributed by atoms with E-state index in [1.807, 2.05) is 30.5 Å². The number of hydrogen-bond acceptors (Lipinski definition) is 1. The minimum Gasteiger partial charge on any atom is -0.256 e. The molecule has 0 radical (unpaired) electrons. The van der Waals surface area contributed by atoms with E-state index in [0.717, 1.165) is 5.52 Å². The molecule has 56 valence electrons. The Balaban J connectivity index is 0.000000605. The third-order valence-electron chi connectivity index (χ3n) is 1.51. The fourth-order valence-corrected chi connectivity index (χ4v) is 1.02. The summed E-state index contributed by atoms with van der Waals surface area (Å²) in [5.74, 6) is 0. The molecular weight excluding hydrogens is 150 g/mol. The molecule has 0 amide bonds. The first-order valence-corrected chi connectivity index (χ1v) is 3.26. The molecule has 2 heteroatoms. The summed E-state index contributed by atoms with van der Waals surface area (Å²) in [5, 5.41) is 1.20. The monoisotopic (exact) mass is 161 g/mol. The van der Waals surface area contributed by atoms with Crippen molar-refractivity contribution in [3.63, 3.8) is 0 Å². The van der Waals surface area contributed by atoms with Gasteiger partial charge in [-0.15, -0.1) is 0 Å². The lowest BCUT2D eigenvalue weighted by atomic mass is 10.2. The average molecular weight is 161 g/mol. The Morgan fingerprint density at radius 3 is 2.45 bits per heavy atom. The van der Waals surface area contributed by atoms with Crippen molar-refractivity contribution in [3.8, 4) is 0 Å². The number of fused-ring (bicyclic) bond motifs is 1. The van der Waals surface area contributed by atoms with Crippen LogP contribution in [0.2, 0.25) is 0 Å². The van der Waals surface area contributed by atoms with Gasteiger partial charge in [-0.3, -0.25) is 4.98 Å². The van der Waals surface area contributed by atoms with Crippen LogP contribution in [-0.2, 0) is 0 Å². The Bertz CT molecular complexity index is 281. The molecule has 2 rings (SSSR count). The first-order valence-electron chi connectivity index (χ1n) is 3.26. The Morgan fingerprint density at radius 1 is 0.909 bits per heavy atom. The second-order valence-electron chi connectivity index (χ2n) is 2.20. The van der Waals surface area contributed by atoms with Gasteiger partial charge in [0.15, 0.2) is 0 Å². The van der Waals surface area contributed by atoms with Gasteiger partial charge in [-0.2, -0.15) is 0 Å². The summed E-state index contributed by atoms with van der Waals surface area (Å²) in [6, 6.07) is 12.1. The lowest BCUT2D eigenvalue weighted by molar-refractivity contribution is 1.41. The fraction of sp³-hybridized carbons (Fsp3) is 0. The first kappa shape index (κ1) is 7.95. The van der Waals surface area contributed by atoms with E-state index in [4.69, 9.17) is 0 Å². The summed E-state index contributed by atoms with van der Waals surface area (Å²) in [6.07, 6.45) is 1.81. The summed E-state index contributed by atoms with van der Waals surface area (Å²) in [4.78, 5) is 4.18. The lowest BCUT2D eigenvalue weighted by Gasteiger charge is -1.91. The molecule has 1 heterocycles. The van der Waals surface area contributed by atoms with Crippen LogP contribution in [0.4, 0.5) is 0 Å². The van der Waals surface area contributed by atoms with E-state index in [1.54, 1.807) is 0 Å². The van der Waals surface area contributed by atoms with E-state index in [0.29, 0.717) is 0 Å². The number of pyridine rings is 1. The molecule has 2 aromatic rings. The number of benzene rings is 1. The van der Waals surface area contributed by atoms with Crippen LogP contribution in [0.5, 0.6) is 0 Å². The highest BCUT2D eigenvalue weighted by molar-refractivity contribution is 5.77. The highest BCUT2D eigenvalue weighted by Crippen LogP contribution is 2.07. The number of para-hydroxylation sites is 1.